The van der Waals surface area contributed by atoms with E-state index >= 15 is 0 Å². The molecule has 4 heteroatoms. The smallest absolute Gasteiger partial charge is 0.165 e. The van der Waals surface area contributed by atoms with Crippen LogP contribution in [-0.4, -0.2) is 24.9 Å². The van der Waals surface area contributed by atoms with Crippen molar-refractivity contribution in [2.24, 2.45) is 0 Å². The van der Waals surface area contributed by atoms with Crippen molar-refractivity contribution >= 4 is 0 Å². The Morgan fingerprint density at radius 2 is 2.15 bits per heavy atom. The lowest BCUT2D eigenvalue weighted by Crippen LogP contribution is -2.18. The summed E-state index contributed by atoms with van der Waals surface area (Å²) in [5, 5.41) is 3.37. The van der Waals surface area contributed by atoms with Crippen molar-refractivity contribution in [2.75, 3.05) is 6.61 Å². The van der Waals surface area contributed by atoms with Crippen LogP contribution in [0.25, 0.3) is 0 Å². The van der Waals surface area contributed by atoms with Gasteiger partial charge in [0, 0.05) is 12.6 Å². The molecule has 2 unspecified atom stereocenters. The monoisotopic (exact) mass is 279 g/mol. The quantitative estimate of drug-likeness (QED) is 0.868. The van der Waals surface area contributed by atoms with Gasteiger partial charge in [-0.05, 0) is 50.3 Å². The highest BCUT2D eigenvalue weighted by molar-refractivity contribution is 5.29. The van der Waals surface area contributed by atoms with Crippen molar-refractivity contribution in [3.63, 3.8) is 0 Å². The van der Waals surface area contributed by atoms with Crippen LogP contribution in [0.4, 0.5) is 4.39 Å². The Bertz CT molecular complexity index is 462. The molecule has 0 spiro atoms. The van der Waals surface area contributed by atoms with E-state index in [9.17, 15) is 4.39 Å². The van der Waals surface area contributed by atoms with E-state index in [1.165, 1.54) is 12.8 Å². The summed E-state index contributed by atoms with van der Waals surface area (Å²) in [5.74, 6) is 0.0365. The Hall–Kier alpha value is -1.13. The van der Waals surface area contributed by atoms with Crippen molar-refractivity contribution in [2.45, 2.75) is 57.4 Å². The molecule has 3 nitrogen and oxygen atoms in total. The Balaban J connectivity index is 1.50. The molecule has 3 rings (SSSR count). The molecule has 20 heavy (non-hydrogen) atoms. The zero-order valence-corrected chi connectivity index (χ0v) is 11.9. The number of nitrogens with one attached hydrogen (secondary N) is 1. The van der Waals surface area contributed by atoms with Gasteiger partial charge in [-0.3, -0.25) is 0 Å². The van der Waals surface area contributed by atoms with Gasteiger partial charge < -0.3 is 14.8 Å². The lowest BCUT2D eigenvalue weighted by atomic mass is 10.2. The Morgan fingerprint density at radius 1 is 1.30 bits per heavy atom. The first kappa shape index (κ1) is 13.8. The maximum atomic E-state index is 13.9. The maximum absolute atomic E-state index is 13.9. The molecule has 2 atom stereocenters. The first-order valence-corrected chi connectivity index (χ1v) is 7.51. The van der Waals surface area contributed by atoms with Crippen LogP contribution in [0.15, 0.2) is 18.2 Å². The second kappa shape index (κ2) is 6.10. The van der Waals surface area contributed by atoms with Crippen LogP contribution < -0.4 is 10.1 Å². The number of benzene rings is 1. The predicted octanol–water partition coefficient (Wildman–Crippen LogP) is 3.02. The van der Waals surface area contributed by atoms with E-state index in [1.807, 2.05) is 6.07 Å². The molecule has 2 fully saturated rings. The fraction of sp³-hybridized carbons (Fsp3) is 0.625. The van der Waals surface area contributed by atoms with E-state index < -0.39 is 0 Å². The molecular weight excluding hydrogens is 257 g/mol. The first-order valence-electron chi connectivity index (χ1n) is 7.51. The molecular formula is C16H22FNO2. The second-order valence-corrected chi connectivity index (χ2v) is 5.88. The maximum Gasteiger partial charge on any atom is 0.165 e. The summed E-state index contributed by atoms with van der Waals surface area (Å²) in [5.41, 5.74) is 0.965. The molecule has 1 aromatic rings. The number of rotatable bonds is 6. The lowest BCUT2D eigenvalue weighted by Gasteiger charge is -2.13. The normalized spacial score (nSPS) is 25.9. The Kier molecular flexibility index (Phi) is 4.22. The van der Waals surface area contributed by atoms with E-state index in [4.69, 9.17) is 9.47 Å². The van der Waals surface area contributed by atoms with Crippen molar-refractivity contribution in [1.82, 2.24) is 5.32 Å². The van der Waals surface area contributed by atoms with Gasteiger partial charge in [-0.2, -0.15) is 0 Å². The molecule has 0 aromatic heterocycles. The van der Waals surface area contributed by atoms with Crippen LogP contribution in [-0.2, 0) is 11.3 Å². The number of halogens is 1. The van der Waals surface area contributed by atoms with Gasteiger partial charge in [-0.25, -0.2) is 4.39 Å². The second-order valence-electron chi connectivity index (χ2n) is 5.88. The van der Waals surface area contributed by atoms with Crippen molar-refractivity contribution in [3.05, 3.63) is 29.6 Å². The van der Waals surface area contributed by atoms with Crippen molar-refractivity contribution < 1.29 is 13.9 Å². The fourth-order valence-corrected chi connectivity index (χ4v) is 2.51. The topological polar surface area (TPSA) is 30.5 Å². The molecule has 2 aliphatic rings. The summed E-state index contributed by atoms with van der Waals surface area (Å²) in [7, 11) is 0. The number of hydrogen-bond donors (Lipinski definition) is 1. The molecule has 110 valence electrons. The van der Waals surface area contributed by atoms with Crippen LogP contribution in [0.3, 0.4) is 0 Å². The average Bonchev–Trinajstić information content (AvgIpc) is 3.17. The van der Waals surface area contributed by atoms with E-state index in [-0.39, 0.29) is 11.9 Å². The minimum atomic E-state index is -0.286. The van der Waals surface area contributed by atoms with Gasteiger partial charge in [0.2, 0.25) is 0 Å². The van der Waals surface area contributed by atoms with Crippen molar-refractivity contribution in [1.29, 1.82) is 0 Å². The molecule has 1 aliphatic carbocycles. The van der Waals surface area contributed by atoms with Gasteiger partial charge >= 0.3 is 0 Å². The van der Waals surface area contributed by atoms with Gasteiger partial charge in [0.25, 0.3) is 0 Å². The van der Waals surface area contributed by atoms with Crippen LogP contribution >= 0.6 is 0 Å². The molecule has 0 radical (unpaired) electrons. The van der Waals surface area contributed by atoms with Gasteiger partial charge in [0.1, 0.15) is 6.61 Å². The van der Waals surface area contributed by atoms with Gasteiger partial charge in [0.05, 0.1) is 12.2 Å². The van der Waals surface area contributed by atoms with E-state index in [2.05, 4.69) is 12.2 Å². The summed E-state index contributed by atoms with van der Waals surface area (Å²) in [6, 6.07) is 5.84. The minimum Gasteiger partial charge on any atom is -0.488 e. The highest BCUT2D eigenvalue weighted by atomic mass is 19.1. The SMILES string of the molecule is CC1CCC(COc2ccc(CNC3CC3)cc2F)O1. The Morgan fingerprint density at radius 3 is 2.80 bits per heavy atom. The molecule has 1 saturated heterocycles. The summed E-state index contributed by atoms with van der Waals surface area (Å²) in [6.07, 6.45) is 4.92. The summed E-state index contributed by atoms with van der Waals surface area (Å²) >= 11 is 0. The highest BCUT2D eigenvalue weighted by Crippen LogP contribution is 2.23. The summed E-state index contributed by atoms with van der Waals surface area (Å²) in [4.78, 5) is 0. The molecule has 0 amide bonds. The van der Waals surface area contributed by atoms with E-state index in [1.54, 1.807) is 12.1 Å². The van der Waals surface area contributed by atoms with Crippen LogP contribution in [0.1, 0.15) is 38.2 Å². The zero-order chi connectivity index (χ0) is 13.9. The van der Waals surface area contributed by atoms with E-state index in [0.717, 1.165) is 24.9 Å². The first-order chi connectivity index (χ1) is 9.70. The van der Waals surface area contributed by atoms with E-state index in [0.29, 0.717) is 24.5 Å². The predicted molar refractivity (Wildman–Crippen MR) is 75.3 cm³/mol. The summed E-state index contributed by atoms with van der Waals surface area (Å²) < 4.78 is 25.1. The van der Waals surface area contributed by atoms with Gasteiger partial charge in [-0.1, -0.05) is 6.07 Å². The Labute approximate surface area is 119 Å². The molecule has 1 heterocycles. The number of hydrogen-bond acceptors (Lipinski definition) is 3. The van der Waals surface area contributed by atoms with Gasteiger partial charge in [0.15, 0.2) is 11.6 Å². The molecule has 1 N–H and O–H groups in total. The lowest BCUT2D eigenvalue weighted by molar-refractivity contribution is 0.0256. The van der Waals surface area contributed by atoms with Crippen LogP contribution in [0, 0.1) is 5.82 Å². The van der Waals surface area contributed by atoms with Crippen molar-refractivity contribution in [3.8, 4) is 5.75 Å². The zero-order valence-electron chi connectivity index (χ0n) is 11.9. The third-order valence-corrected chi connectivity index (χ3v) is 3.91. The van der Waals surface area contributed by atoms with Crippen LogP contribution in [0.2, 0.25) is 0 Å². The highest BCUT2D eigenvalue weighted by Gasteiger charge is 2.23. The molecule has 1 aromatic carbocycles. The molecule has 1 saturated carbocycles. The standard InChI is InChI=1S/C16H22FNO2/c1-11-2-6-14(20-11)10-19-16-7-3-12(8-15(16)17)9-18-13-4-5-13/h3,7-8,11,13-14,18H,2,4-6,9-10H2,1H3. The molecule has 0 bridgehead atoms. The average molecular weight is 279 g/mol. The van der Waals surface area contributed by atoms with Gasteiger partial charge in [-0.15, -0.1) is 0 Å². The number of ether oxygens (including phenoxy) is 2. The third-order valence-electron chi connectivity index (χ3n) is 3.91. The third kappa shape index (κ3) is 3.70. The fourth-order valence-electron chi connectivity index (χ4n) is 2.51. The largest absolute Gasteiger partial charge is 0.488 e. The summed E-state index contributed by atoms with van der Waals surface area (Å²) in [6.45, 7) is 3.22. The minimum absolute atomic E-state index is 0.0978. The van der Waals surface area contributed by atoms with Crippen LogP contribution in [0.5, 0.6) is 5.75 Å². The molecule has 1 aliphatic heterocycles.